The van der Waals surface area contributed by atoms with E-state index in [-0.39, 0.29) is 12.0 Å². The maximum Gasteiger partial charge on any atom is 0.339 e. The SMILES string of the molecule is COC(=O)c1ccc(N2CCCC2c2nnc3n2CCCCC3)nc1C. The van der Waals surface area contributed by atoms with Gasteiger partial charge in [-0.3, -0.25) is 0 Å². The van der Waals surface area contributed by atoms with Gasteiger partial charge >= 0.3 is 5.97 Å². The van der Waals surface area contributed by atoms with Gasteiger partial charge in [0.15, 0.2) is 5.82 Å². The Hall–Kier alpha value is -2.44. The van der Waals surface area contributed by atoms with Crippen molar-refractivity contribution in [2.24, 2.45) is 0 Å². The molecule has 0 radical (unpaired) electrons. The number of rotatable bonds is 3. The summed E-state index contributed by atoms with van der Waals surface area (Å²) >= 11 is 0. The zero-order valence-electron chi connectivity index (χ0n) is 15.4. The zero-order chi connectivity index (χ0) is 18.1. The highest BCUT2D eigenvalue weighted by Crippen LogP contribution is 2.35. The van der Waals surface area contributed by atoms with Crippen LogP contribution in [0.5, 0.6) is 0 Å². The van der Waals surface area contributed by atoms with Crippen molar-refractivity contribution in [3.63, 3.8) is 0 Å². The van der Waals surface area contributed by atoms with Crippen molar-refractivity contribution in [3.8, 4) is 0 Å². The van der Waals surface area contributed by atoms with E-state index in [4.69, 9.17) is 4.74 Å². The van der Waals surface area contributed by atoms with Gasteiger partial charge in [-0.05, 0) is 44.7 Å². The molecule has 1 unspecified atom stereocenters. The molecule has 0 amide bonds. The maximum atomic E-state index is 11.8. The van der Waals surface area contributed by atoms with Crippen LogP contribution in [0.15, 0.2) is 12.1 Å². The Morgan fingerprint density at radius 1 is 1.15 bits per heavy atom. The van der Waals surface area contributed by atoms with Gasteiger partial charge in [-0.25, -0.2) is 9.78 Å². The molecule has 26 heavy (non-hydrogen) atoms. The molecule has 4 heterocycles. The lowest BCUT2D eigenvalue weighted by Crippen LogP contribution is -2.27. The van der Waals surface area contributed by atoms with E-state index in [1.54, 1.807) is 0 Å². The fourth-order valence-electron chi connectivity index (χ4n) is 4.10. The second-order valence-electron chi connectivity index (χ2n) is 7.08. The predicted molar refractivity (Wildman–Crippen MR) is 97.2 cm³/mol. The highest BCUT2D eigenvalue weighted by Gasteiger charge is 2.32. The Kier molecular flexibility index (Phi) is 4.61. The van der Waals surface area contributed by atoms with Crippen LogP contribution >= 0.6 is 0 Å². The molecule has 2 aliphatic heterocycles. The van der Waals surface area contributed by atoms with Crippen molar-refractivity contribution in [2.75, 3.05) is 18.6 Å². The largest absolute Gasteiger partial charge is 0.465 e. The molecule has 0 aromatic carbocycles. The second-order valence-corrected chi connectivity index (χ2v) is 7.08. The number of carbonyl (C=O) groups is 1. The van der Waals surface area contributed by atoms with Crippen LogP contribution in [-0.2, 0) is 17.7 Å². The predicted octanol–water partition coefficient (Wildman–Crippen LogP) is 2.84. The van der Waals surface area contributed by atoms with Crippen molar-refractivity contribution < 1.29 is 9.53 Å². The van der Waals surface area contributed by atoms with E-state index >= 15 is 0 Å². The monoisotopic (exact) mass is 355 g/mol. The Bertz CT molecular complexity index is 816. The third kappa shape index (κ3) is 2.95. The van der Waals surface area contributed by atoms with Crippen LogP contribution in [0.4, 0.5) is 5.82 Å². The van der Waals surface area contributed by atoms with Crippen LogP contribution in [0.1, 0.15) is 65.8 Å². The molecule has 0 spiro atoms. The van der Waals surface area contributed by atoms with Gasteiger partial charge in [0, 0.05) is 19.5 Å². The van der Waals surface area contributed by atoms with Crippen molar-refractivity contribution >= 4 is 11.8 Å². The molecule has 138 valence electrons. The number of fused-ring (bicyclic) bond motifs is 1. The fourth-order valence-corrected chi connectivity index (χ4v) is 4.10. The molecule has 1 fully saturated rings. The van der Waals surface area contributed by atoms with E-state index in [1.165, 1.54) is 26.4 Å². The summed E-state index contributed by atoms with van der Waals surface area (Å²) in [6, 6.07) is 3.92. The number of esters is 1. The smallest absolute Gasteiger partial charge is 0.339 e. The number of aryl methyl sites for hydroxylation is 2. The van der Waals surface area contributed by atoms with Crippen LogP contribution in [0.2, 0.25) is 0 Å². The Morgan fingerprint density at radius 2 is 2.04 bits per heavy atom. The first kappa shape index (κ1) is 17.0. The van der Waals surface area contributed by atoms with E-state index < -0.39 is 0 Å². The number of ether oxygens (including phenoxy) is 1. The molecule has 2 aromatic rings. The van der Waals surface area contributed by atoms with Gasteiger partial charge in [0.2, 0.25) is 0 Å². The van der Waals surface area contributed by atoms with Crippen LogP contribution in [0.3, 0.4) is 0 Å². The lowest BCUT2D eigenvalue weighted by molar-refractivity contribution is 0.0599. The minimum atomic E-state index is -0.345. The lowest BCUT2D eigenvalue weighted by Gasteiger charge is -2.26. The minimum Gasteiger partial charge on any atom is -0.465 e. The van der Waals surface area contributed by atoms with Gasteiger partial charge in [-0.15, -0.1) is 10.2 Å². The summed E-state index contributed by atoms with van der Waals surface area (Å²) in [7, 11) is 1.39. The molecule has 7 nitrogen and oxygen atoms in total. The highest BCUT2D eigenvalue weighted by molar-refractivity contribution is 5.90. The van der Waals surface area contributed by atoms with Gasteiger partial charge in [0.25, 0.3) is 0 Å². The zero-order valence-corrected chi connectivity index (χ0v) is 15.4. The third-order valence-electron chi connectivity index (χ3n) is 5.46. The van der Waals surface area contributed by atoms with Crippen molar-refractivity contribution in [1.82, 2.24) is 19.7 Å². The standard InChI is InChI=1S/C19H25N5O2/c1-13-14(19(25)26-2)9-10-16(20-13)23-12-6-7-15(23)18-22-21-17-8-4-3-5-11-24(17)18/h9-10,15H,3-8,11-12H2,1-2H3. The first-order valence-corrected chi connectivity index (χ1v) is 9.43. The normalized spacial score (nSPS) is 19.9. The van der Waals surface area contributed by atoms with Crippen molar-refractivity contribution in [3.05, 3.63) is 35.0 Å². The quantitative estimate of drug-likeness (QED) is 0.788. The molecule has 0 aliphatic carbocycles. The van der Waals surface area contributed by atoms with Gasteiger partial charge in [0.1, 0.15) is 11.6 Å². The molecule has 0 saturated carbocycles. The van der Waals surface area contributed by atoms with E-state index in [1.807, 2.05) is 19.1 Å². The average Bonchev–Trinajstić information content (AvgIpc) is 3.21. The van der Waals surface area contributed by atoms with Crippen LogP contribution in [-0.4, -0.2) is 39.4 Å². The first-order chi connectivity index (χ1) is 12.7. The first-order valence-electron chi connectivity index (χ1n) is 9.43. The second kappa shape index (κ2) is 7.05. The maximum absolute atomic E-state index is 11.8. The van der Waals surface area contributed by atoms with Crippen LogP contribution in [0, 0.1) is 6.92 Å². The van der Waals surface area contributed by atoms with E-state index in [0.717, 1.165) is 49.8 Å². The molecular weight excluding hydrogens is 330 g/mol. The lowest BCUT2D eigenvalue weighted by atomic mass is 10.2. The minimum absolute atomic E-state index is 0.199. The summed E-state index contributed by atoms with van der Waals surface area (Å²) in [6.07, 6.45) is 6.82. The topological polar surface area (TPSA) is 73.1 Å². The molecule has 0 bridgehead atoms. The molecule has 7 heteroatoms. The Labute approximate surface area is 153 Å². The summed E-state index contributed by atoms with van der Waals surface area (Å²) in [5, 5.41) is 9.01. The molecule has 1 saturated heterocycles. The number of hydrogen-bond donors (Lipinski definition) is 0. The van der Waals surface area contributed by atoms with Crippen molar-refractivity contribution in [2.45, 2.75) is 58.0 Å². The van der Waals surface area contributed by atoms with E-state index in [9.17, 15) is 4.79 Å². The summed E-state index contributed by atoms with van der Waals surface area (Å²) < 4.78 is 7.15. The van der Waals surface area contributed by atoms with Gasteiger partial charge in [-0.1, -0.05) is 6.42 Å². The highest BCUT2D eigenvalue weighted by atomic mass is 16.5. The molecule has 4 rings (SSSR count). The Balaban J connectivity index is 1.64. The van der Waals surface area contributed by atoms with E-state index in [0.29, 0.717) is 11.3 Å². The number of methoxy groups -OCH3 is 1. The Morgan fingerprint density at radius 3 is 2.85 bits per heavy atom. The number of anilines is 1. The number of aromatic nitrogens is 4. The third-order valence-corrected chi connectivity index (χ3v) is 5.46. The molecule has 2 aliphatic rings. The van der Waals surface area contributed by atoms with E-state index in [2.05, 4.69) is 24.6 Å². The summed E-state index contributed by atoms with van der Waals surface area (Å²) in [5.74, 6) is 2.73. The molecular formula is C19H25N5O2. The molecule has 0 N–H and O–H groups in total. The summed E-state index contributed by atoms with van der Waals surface area (Å²) in [4.78, 5) is 18.8. The van der Waals surface area contributed by atoms with Crippen LogP contribution < -0.4 is 4.90 Å². The number of nitrogens with zero attached hydrogens (tertiary/aromatic N) is 5. The number of hydrogen-bond acceptors (Lipinski definition) is 6. The van der Waals surface area contributed by atoms with Gasteiger partial charge in [-0.2, -0.15) is 0 Å². The molecule has 1 atom stereocenters. The summed E-state index contributed by atoms with van der Waals surface area (Å²) in [5.41, 5.74) is 1.21. The van der Waals surface area contributed by atoms with Gasteiger partial charge in [0.05, 0.1) is 24.4 Å². The fraction of sp³-hybridized carbons (Fsp3) is 0.579. The van der Waals surface area contributed by atoms with Gasteiger partial charge < -0.3 is 14.2 Å². The van der Waals surface area contributed by atoms with Crippen LogP contribution in [0.25, 0.3) is 0 Å². The summed E-state index contributed by atoms with van der Waals surface area (Å²) in [6.45, 7) is 3.80. The average molecular weight is 355 g/mol. The van der Waals surface area contributed by atoms with Crippen molar-refractivity contribution in [1.29, 1.82) is 0 Å². The number of pyridine rings is 1. The molecule has 2 aromatic heterocycles. The number of carbonyl (C=O) groups excluding carboxylic acids is 1.